The largest absolute Gasteiger partial charge is 2.00 e. The van der Waals surface area contributed by atoms with Crippen molar-refractivity contribution in [3.05, 3.63) is 88.8 Å². The monoisotopic (exact) mass is 423 g/mol. The van der Waals surface area contributed by atoms with E-state index >= 15 is 0 Å². The molecule has 4 heteroatoms. The van der Waals surface area contributed by atoms with Crippen molar-refractivity contribution in [2.24, 2.45) is 5.41 Å². The van der Waals surface area contributed by atoms with Gasteiger partial charge in [-0.2, -0.15) is 11.1 Å². The van der Waals surface area contributed by atoms with Crippen LogP contribution in [0, 0.1) is 11.5 Å². The molecule has 1 aliphatic rings. The number of nitrogens with zero attached hydrogens (tertiary/aromatic N) is 1. The van der Waals surface area contributed by atoms with Gasteiger partial charge < -0.3 is 5.32 Å². The summed E-state index contributed by atoms with van der Waals surface area (Å²) in [5.41, 5.74) is 6.38. The van der Waals surface area contributed by atoms with Gasteiger partial charge >= 0.3 is 21.7 Å². The van der Waals surface area contributed by atoms with Crippen LogP contribution in [0.3, 0.4) is 0 Å². The topological polar surface area (TPSA) is 14.1 Å². The van der Waals surface area contributed by atoms with Crippen LogP contribution in [-0.2, 0) is 21.7 Å². The van der Waals surface area contributed by atoms with Crippen molar-refractivity contribution >= 4 is 36.2 Å². The van der Waals surface area contributed by atoms with Gasteiger partial charge in [-0.1, -0.05) is 93.8 Å². The summed E-state index contributed by atoms with van der Waals surface area (Å²) in [6, 6.07) is 19.9. The second-order valence-electron chi connectivity index (χ2n) is 6.41. The summed E-state index contributed by atoms with van der Waals surface area (Å²) in [5, 5.41) is 4.44. The molecule has 138 valence electrons. The molecule has 26 heavy (non-hydrogen) atoms. The molecule has 0 spiro atoms. The predicted molar refractivity (Wildman–Crippen MR) is 115 cm³/mol. The zero-order chi connectivity index (χ0) is 16.9. The van der Waals surface area contributed by atoms with Crippen LogP contribution in [0.2, 0.25) is 0 Å². The Morgan fingerprint density at radius 1 is 0.731 bits per heavy atom. The molecule has 1 aliphatic carbocycles. The molecule has 0 bridgehead atoms. The van der Waals surface area contributed by atoms with Gasteiger partial charge in [-0.25, -0.2) is 5.57 Å². The predicted octanol–water partition coefficient (Wildman–Crippen LogP) is 7.98. The minimum absolute atomic E-state index is 0. The van der Waals surface area contributed by atoms with Gasteiger partial charge in [0, 0.05) is 0 Å². The maximum Gasteiger partial charge on any atom is 2.00 e. The number of rotatable bonds is 2. The molecule has 0 unspecified atom stereocenters. The van der Waals surface area contributed by atoms with E-state index in [4.69, 9.17) is 0 Å². The molecule has 0 N–H and O–H groups in total. The third kappa shape index (κ3) is 7.72. The van der Waals surface area contributed by atoms with Gasteiger partial charge in [-0.3, -0.25) is 6.08 Å². The van der Waals surface area contributed by atoms with Crippen molar-refractivity contribution in [1.29, 1.82) is 0 Å². The molecule has 0 aromatic heterocycles. The van der Waals surface area contributed by atoms with Crippen LogP contribution < -0.4 is 0 Å². The smallest absolute Gasteiger partial charge is 0.658 e. The molecule has 0 amide bonds. The van der Waals surface area contributed by atoms with E-state index in [1.807, 2.05) is 60.7 Å². The first-order valence-corrected chi connectivity index (χ1v) is 8.02. The minimum atomic E-state index is 0. The third-order valence-electron chi connectivity index (χ3n) is 4.33. The average molecular weight is 424 g/mol. The van der Waals surface area contributed by atoms with E-state index in [0.29, 0.717) is 0 Å². The average Bonchev–Trinajstić information content (AvgIpc) is 2.72. The second kappa shape index (κ2) is 12.4. The van der Waals surface area contributed by atoms with Crippen LogP contribution in [0.15, 0.2) is 77.4 Å². The number of benzene rings is 2. The SMILES string of the molecule is CC1=[C-]C(C)(C)C(C)=C1C.Cl.Cl.[Ti+2].c1ccc([N-]c2ccccc2)cc1. The number of halogens is 2. The summed E-state index contributed by atoms with van der Waals surface area (Å²) in [4.78, 5) is 0. The molecule has 0 fully saturated rings. The van der Waals surface area contributed by atoms with Gasteiger partial charge in [0.25, 0.3) is 0 Å². The molecule has 0 saturated heterocycles. The fourth-order valence-corrected chi connectivity index (χ4v) is 2.56. The Hall–Kier alpha value is -0.986. The molecule has 2 aromatic carbocycles. The van der Waals surface area contributed by atoms with E-state index in [-0.39, 0.29) is 51.9 Å². The van der Waals surface area contributed by atoms with E-state index in [1.54, 1.807) is 0 Å². The van der Waals surface area contributed by atoms with E-state index in [2.05, 4.69) is 46.0 Å². The zero-order valence-corrected chi connectivity index (χ0v) is 19.2. The van der Waals surface area contributed by atoms with Crippen LogP contribution >= 0.6 is 24.8 Å². The molecule has 0 heterocycles. The maximum atomic E-state index is 4.44. The second-order valence-corrected chi connectivity index (χ2v) is 6.41. The first kappa shape index (κ1) is 27.2. The van der Waals surface area contributed by atoms with E-state index < -0.39 is 0 Å². The van der Waals surface area contributed by atoms with Gasteiger partial charge in [-0.15, -0.1) is 43.1 Å². The van der Waals surface area contributed by atoms with Gasteiger partial charge in [0.1, 0.15) is 0 Å². The Labute approximate surface area is 186 Å². The van der Waals surface area contributed by atoms with E-state index in [0.717, 1.165) is 11.4 Å². The van der Waals surface area contributed by atoms with Crippen molar-refractivity contribution in [1.82, 2.24) is 0 Å². The first-order valence-electron chi connectivity index (χ1n) is 8.02. The Balaban J connectivity index is 0. The number of hydrogen-bond donors (Lipinski definition) is 0. The minimum Gasteiger partial charge on any atom is -0.658 e. The summed E-state index contributed by atoms with van der Waals surface area (Å²) >= 11 is 0. The molecule has 3 rings (SSSR count). The van der Waals surface area contributed by atoms with Crippen molar-refractivity contribution in [3.8, 4) is 0 Å². The van der Waals surface area contributed by atoms with Crippen molar-refractivity contribution in [2.75, 3.05) is 0 Å². The van der Waals surface area contributed by atoms with Crippen molar-refractivity contribution in [2.45, 2.75) is 34.6 Å². The fourth-order valence-electron chi connectivity index (χ4n) is 2.56. The van der Waals surface area contributed by atoms with Gasteiger partial charge in [-0.05, 0) is 0 Å². The molecule has 2 aromatic rings. The van der Waals surface area contributed by atoms with E-state index in [1.165, 1.54) is 16.7 Å². The molecule has 0 aliphatic heterocycles. The van der Waals surface area contributed by atoms with Crippen LogP contribution in [0.25, 0.3) is 5.32 Å². The summed E-state index contributed by atoms with van der Waals surface area (Å²) in [6.45, 7) is 10.9. The maximum absolute atomic E-state index is 4.44. The number of allylic oxidation sites excluding steroid dienone is 4. The summed E-state index contributed by atoms with van der Waals surface area (Å²) in [6.07, 6.45) is 3.44. The zero-order valence-electron chi connectivity index (χ0n) is 16.0. The van der Waals surface area contributed by atoms with Gasteiger partial charge in [0.05, 0.1) is 0 Å². The standard InChI is InChI=1S/C12H10N.C10H15.2ClH.Ti/c1-3-7-11(8-4-1)13-12-9-5-2-6-10-12;1-7-6-10(4,5)9(3)8(7)2;;;/h1-10H;1-5H3;2*1H;/q2*-1;;;+2. The Bertz CT molecular complexity index is 670. The van der Waals surface area contributed by atoms with Crippen LogP contribution in [-0.4, -0.2) is 0 Å². The summed E-state index contributed by atoms with van der Waals surface area (Å²) in [5.74, 6) is 0. The molecule has 0 radical (unpaired) electrons. The third-order valence-corrected chi connectivity index (χ3v) is 4.33. The van der Waals surface area contributed by atoms with Crippen LogP contribution in [0.4, 0.5) is 11.4 Å². The quantitative estimate of drug-likeness (QED) is 0.343. The van der Waals surface area contributed by atoms with Crippen LogP contribution in [0.5, 0.6) is 0 Å². The Morgan fingerprint density at radius 3 is 1.35 bits per heavy atom. The molecular formula is C22H27Cl2NTi. The van der Waals surface area contributed by atoms with Gasteiger partial charge in [0.2, 0.25) is 0 Å². The molecule has 0 saturated carbocycles. The normalized spacial score (nSPS) is 13.8. The van der Waals surface area contributed by atoms with Crippen molar-refractivity contribution < 1.29 is 21.7 Å². The summed E-state index contributed by atoms with van der Waals surface area (Å²) < 4.78 is 0. The molecule has 0 atom stereocenters. The van der Waals surface area contributed by atoms with Crippen molar-refractivity contribution in [3.63, 3.8) is 0 Å². The Morgan fingerprint density at radius 2 is 1.12 bits per heavy atom. The number of para-hydroxylation sites is 2. The Kier molecular flexibility index (Phi) is 13.0. The fraction of sp³-hybridized carbons (Fsp3) is 0.273. The number of hydrogen-bond acceptors (Lipinski definition) is 0. The first-order chi connectivity index (χ1) is 10.9. The van der Waals surface area contributed by atoms with Gasteiger partial charge in [0.15, 0.2) is 0 Å². The molecular weight excluding hydrogens is 397 g/mol. The van der Waals surface area contributed by atoms with Crippen LogP contribution in [0.1, 0.15) is 34.6 Å². The molecule has 1 nitrogen and oxygen atoms in total. The summed E-state index contributed by atoms with van der Waals surface area (Å²) in [7, 11) is 0. The van der Waals surface area contributed by atoms with E-state index in [9.17, 15) is 0 Å².